The standard InChI is InChI=1S/C25H24ClNO4/c1-17-6-4-7-20(12-17)27-21-8-5-9-22(14-21)31-15-18-13-19(26)10-11-23(18)24(16-29-2)25(28)30-3/h4-14,16,27H,15H2,1-3H3. The normalized spacial score (nSPS) is 11.0. The van der Waals surface area contributed by atoms with E-state index in [-0.39, 0.29) is 12.2 Å². The number of hydrogen-bond acceptors (Lipinski definition) is 5. The van der Waals surface area contributed by atoms with Gasteiger partial charge >= 0.3 is 5.97 Å². The number of rotatable bonds is 8. The van der Waals surface area contributed by atoms with Crippen LogP contribution >= 0.6 is 11.6 Å². The summed E-state index contributed by atoms with van der Waals surface area (Å²) >= 11 is 6.19. The van der Waals surface area contributed by atoms with E-state index in [2.05, 4.69) is 11.4 Å². The summed E-state index contributed by atoms with van der Waals surface area (Å²) in [6.45, 7) is 2.26. The third kappa shape index (κ3) is 6.03. The zero-order valence-electron chi connectivity index (χ0n) is 17.6. The van der Waals surface area contributed by atoms with Crippen molar-refractivity contribution in [1.82, 2.24) is 0 Å². The zero-order valence-corrected chi connectivity index (χ0v) is 18.4. The maximum absolute atomic E-state index is 12.2. The third-order valence-corrected chi connectivity index (χ3v) is 4.77. The van der Waals surface area contributed by atoms with Crippen LogP contribution in [0.5, 0.6) is 5.75 Å². The maximum atomic E-state index is 12.2. The molecule has 0 radical (unpaired) electrons. The van der Waals surface area contributed by atoms with E-state index in [1.54, 1.807) is 18.2 Å². The van der Waals surface area contributed by atoms with Crippen LogP contribution in [0.1, 0.15) is 16.7 Å². The molecule has 0 aliphatic carbocycles. The lowest BCUT2D eigenvalue weighted by Gasteiger charge is -2.14. The Morgan fingerprint density at radius 3 is 2.45 bits per heavy atom. The predicted octanol–water partition coefficient (Wildman–Crippen LogP) is 6.13. The first-order chi connectivity index (χ1) is 15.0. The Kier molecular flexibility index (Phi) is 7.57. The number of methoxy groups -OCH3 is 2. The first kappa shape index (κ1) is 22.2. The Bertz CT molecular complexity index is 1090. The minimum absolute atomic E-state index is 0.210. The van der Waals surface area contributed by atoms with Crippen molar-refractivity contribution in [1.29, 1.82) is 0 Å². The van der Waals surface area contributed by atoms with E-state index < -0.39 is 5.97 Å². The highest BCUT2D eigenvalue weighted by molar-refractivity contribution is 6.30. The first-order valence-electron chi connectivity index (χ1n) is 9.67. The molecule has 0 aliphatic heterocycles. The average molecular weight is 438 g/mol. The van der Waals surface area contributed by atoms with Gasteiger partial charge in [-0.25, -0.2) is 4.79 Å². The van der Waals surface area contributed by atoms with Gasteiger partial charge in [0, 0.05) is 22.5 Å². The number of anilines is 2. The fraction of sp³-hybridized carbons (Fsp3) is 0.160. The van der Waals surface area contributed by atoms with Crippen molar-refractivity contribution in [3.8, 4) is 5.75 Å². The molecule has 0 heterocycles. The van der Waals surface area contributed by atoms with Gasteiger partial charge in [-0.3, -0.25) is 0 Å². The number of carbonyl (C=O) groups is 1. The van der Waals surface area contributed by atoms with Crippen LogP contribution in [0.25, 0.3) is 5.57 Å². The summed E-state index contributed by atoms with van der Waals surface area (Å²) in [5.41, 5.74) is 4.74. The molecule has 0 saturated carbocycles. The molecule has 0 unspecified atom stereocenters. The van der Waals surface area contributed by atoms with Crippen molar-refractivity contribution in [2.45, 2.75) is 13.5 Å². The smallest absolute Gasteiger partial charge is 0.341 e. The molecule has 3 rings (SSSR count). The molecule has 5 nitrogen and oxygen atoms in total. The Balaban J connectivity index is 1.80. The number of hydrogen-bond donors (Lipinski definition) is 1. The molecule has 160 valence electrons. The molecule has 0 aliphatic rings. The maximum Gasteiger partial charge on any atom is 0.341 e. The lowest BCUT2D eigenvalue weighted by Crippen LogP contribution is -2.08. The van der Waals surface area contributed by atoms with Crippen LogP contribution in [0.4, 0.5) is 11.4 Å². The van der Waals surface area contributed by atoms with Crippen LogP contribution in [0.3, 0.4) is 0 Å². The number of benzene rings is 3. The molecular formula is C25H24ClNO4. The van der Waals surface area contributed by atoms with Crippen LogP contribution in [0.2, 0.25) is 5.02 Å². The van der Waals surface area contributed by atoms with Crippen molar-refractivity contribution < 1.29 is 19.0 Å². The lowest BCUT2D eigenvalue weighted by atomic mass is 10.0. The van der Waals surface area contributed by atoms with E-state index in [1.165, 1.54) is 26.0 Å². The van der Waals surface area contributed by atoms with Gasteiger partial charge < -0.3 is 19.5 Å². The third-order valence-electron chi connectivity index (χ3n) is 4.53. The van der Waals surface area contributed by atoms with Crippen LogP contribution in [-0.2, 0) is 20.9 Å². The number of nitrogens with one attached hydrogen (secondary N) is 1. The number of esters is 1. The molecule has 0 atom stereocenters. The Morgan fingerprint density at radius 2 is 1.74 bits per heavy atom. The summed E-state index contributed by atoms with van der Waals surface area (Å²) in [4.78, 5) is 12.2. The Morgan fingerprint density at radius 1 is 1.00 bits per heavy atom. The molecule has 3 aromatic rings. The van der Waals surface area contributed by atoms with Crippen molar-refractivity contribution in [3.63, 3.8) is 0 Å². The van der Waals surface area contributed by atoms with E-state index in [9.17, 15) is 4.79 Å². The molecule has 0 bridgehead atoms. The monoisotopic (exact) mass is 437 g/mol. The molecule has 1 N–H and O–H groups in total. The summed E-state index contributed by atoms with van der Waals surface area (Å²) in [6.07, 6.45) is 1.35. The molecular weight excluding hydrogens is 414 g/mol. The second kappa shape index (κ2) is 10.5. The van der Waals surface area contributed by atoms with Crippen molar-refractivity contribution in [3.05, 3.63) is 94.7 Å². The highest BCUT2D eigenvalue weighted by Crippen LogP contribution is 2.27. The summed E-state index contributed by atoms with van der Waals surface area (Å²) in [5.74, 6) is 0.175. The molecule has 31 heavy (non-hydrogen) atoms. The second-order valence-corrected chi connectivity index (χ2v) is 7.31. The van der Waals surface area contributed by atoms with Gasteiger partial charge in [0.1, 0.15) is 17.9 Å². The van der Waals surface area contributed by atoms with Crippen molar-refractivity contribution >= 4 is 34.5 Å². The van der Waals surface area contributed by atoms with Crippen molar-refractivity contribution in [2.75, 3.05) is 19.5 Å². The SMILES string of the molecule is COC=C(C(=O)OC)c1ccc(Cl)cc1COc1cccc(Nc2cccc(C)c2)c1. The van der Waals surface area contributed by atoms with E-state index in [4.69, 9.17) is 25.8 Å². The van der Waals surface area contributed by atoms with E-state index >= 15 is 0 Å². The summed E-state index contributed by atoms with van der Waals surface area (Å²) in [6, 6.07) is 21.0. The van der Waals surface area contributed by atoms with Gasteiger partial charge in [0.15, 0.2) is 0 Å². The van der Waals surface area contributed by atoms with Gasteiger partial charge in [0.2, 0.25) is 0 Å². The second-order valence-electron chi connectivity index (χ2n) is 6.87. The molecule has 6 heteroatoms. The Labute approximate surface area is 187 Å². The average Bonchev–Trinajstić information content (AvgIpc) is 2.76. The quantitative estimate of drug-likeness (QED) is 0.261. The Hall–Kier alpha value is -3.44. The van der Waals surface area contributed by atoms with E-state index in [1.807, 2.05) is 49.4 Å². The summed E-state index contributed by atoms with van der Waals surface area (Å²) < 4.78 is 16.0. The van der Waals surface area contributed by atoms with Gasteiger partial charge in [-0.15, -0.1) is 0 Å². The first-order valence-corrected chi connectivity index (χ1v) is 10.0. The number of carbonyl (C=O) groups excluding carboxylic acids is 1. The van der Waals surface area contributed by atoms with Crippen molar-refractivity contribution in [2.24, 2.45) is 0 Å². The topological polar surface area (TPSA) is 56.8 Å². The van der Waals surface area contributed by atoms with Gasteiger partial charge in [-0.1, -0.05) is 35.9 Å². The molecule has 0 saturated heterocycles. The fourth-order valence-corrected chi connectivity index (χ4v) is 3.30. The lowest BCUT2D eigenvalue weighted by molar-refractivity contribution is -0.133. The molecule has 0 amide bonds. The molecule has 0 aromatic heterocycles. The molecule has 3 aromatic carbocycles. The van der Waals surface area contributed by atoms with E-state index in [0.29, 0.717) is 16.3 Å². The zero-order chi connectivity index (χ0) is 22.2. The van der Waals surface area contributed by atoms with Crippen LogP contribution in [0, 0.1) is 6.92 Å². The summed E-state index contributed by atoms with van der Waals surface area (Å²) in [7, 11) is 2.80. The minimum Gasteiger partial charge on any atom is -0.503 e. The largest absolute Gasteiger partial charge is 0.503 e. The predicted molar refractivity (Wildman–Crippen MR) is 124 cm³/mol. The number of aryl methyl sites for hydroxylation is 1. The number of ether oxygens (including phenoxy) is 3. The highest BCUT2D eigenvalue weighted by Gasteiger charge is 2.17. The minimum atomic E-state index is -0.505. The van der Waals surface area contributed by atoms with Gasteiger partial charge in [0.05, 0.1) is 20.5 Å². The van der Waals surface area contributed by atoms with Crippen LogP contribution in [0.15, 0.2) is 73.0 Å². The van der Waals surface area contributed by atoms with Gasteiger partial charge in [0.25, 0.3) is 0 Å². The van der Waals surface area contributed by atoms with Crippen LogP contribution < -0.4 is 10.1 Å². The van der Waals surface area contributed by atoms with E-state index in [0.717, 1.165) is 16.9 Å². The highest BCUT2D eigenvalue weighted by atomic mass is 35.5. The van der Waals surface area contributed by atoms with Gasteiger partial charge in [-0.2, -0.15) is 0 Å². The van der Waals surface area contributed by atoms with Gasteiger partial charge in [-0.05, 0) is 60.0 Å². The molecule has 0 fully saturated rings. The van der Waals surface area contributed by atoms with Crippen LogP contribution in [-0.4, -0.2) is 20.2 Å². The molecule has 0 spiro atoms. The summed E-state index contributed by atoms with van der Waals surface area (Å²) in [5, 5.41) is 3.91. The number of halogens is 1. The fourth-order valence-electron chi connectivity index (χ4n) is 3.11.